The van der Waals surface area contributed by atoms with Crippen LogP contribution in [0.5, 0.6) is 0 Å². The number of nitrogen functional groups attached to an aromatic ring is 1. The minimum absolute atomic E-state index is 0.399. The number of aryl methyl sites for hydroxylation is 2. The fourth-order valence-electron chi connectivity index (χ4n) is 1.75. The highest BCUT2D eigenvalue weighted by Gasteiger charge is 2.14. The van der Waals surface area contributed by atoms with Gasteiger partial charge in [0.2, 0.25) is 0 Å². The van der Waals surface area contributed by atoms with E-state index >= 15 is 0 Å². The third-order valence-electron chi connectivity index (χ3n) is 2.47. The van der Waals surface area contributed by atoms with Crippen LogP contribution in [0.4, 0.5) is 5.82 Å². The average molecular weight is 227 g/mol. The van der Waals surface area contributed by atoms with Crippen molar-refractivity contribution in [3.05, 3.63) is 11.5 Å². The molecule has 0 bridgehead atoms. The third-order valence-corrected chi connectivity index (χ3v) is 3.09. The Morgan fingerprint density at radius 3 is 2.53 bits per heavy atom. The second-order valence-corrected chi connectivity index (χ2v) is 4.91. The summed E-state index contributed by atoms with van der Waals surface area (Å²) < 4.78 is 2.15. The molecule has 1 heterocycles. The molecule has 0 saturated heterocycles. The molecule has 0 aromatic carbocycles. The first-order valence-electron chi connectivity index (χ1n) is 5.46. The van der Waals surface area contributed by atoms with Gasteiger partial charge < -0.3 is 10.3 Å². The van der Waals surface area contributed by atoms with Gasteiger partial charge in [-0.05, 0) is 25.9 Å². The van der Waals surface area contributed by atoms with Crippen molar-refractivity contribution in [2.45, 2.75) is 39.7 Å². The van der Waals surface area contributed by atoms with Gasteiger partial charge >= 0.3 is 0 Å². The maximum Gasteiger partial charge on any atom is 0.127 e. The van der Waals surface area contributed by atoms with Crippen LogP contribution >= 0.6 is 11.8 Å². The molecule has 0 unspecified atom stereocenters. The van der Waals surface area contributed by atoms with Crippen LogP contribution in [-0.2, 0) is 12.8 Å². The molecular weight excluding hydrogens is 206 g/mol. The second-order valence-electron chi connectivity index (χ2n) is 3.92. The maximum atomic E-state index is 6.11. The molecule has 0 fully saturated rings. The number of hydrogen-bond acceptors (Lipinski definition) is 3. The molecule has 0 aliphatic heterocycles. The lowest BCUT2D eigenvalue weighted by Gasteiger charge is -2.12. The number of imidazole rings is 1. The van der Waals surface area contributed by atoms with E-state index in [1.54, 1.807) is 0 Å². The Kier molecular flexibility index (Phi) is 4.51. The maximum absolute atomic E-state index is 6.11. The van der Waals surface area contributed by atoms with E-state index in [9.17, 15) is 0 Å². The lowest BCUT2D eigenvalue weighted by atomic mass is 10.3. The lowest BCUT2D eigenvalue weighted by molar-refractivity contribution is 0.579. The number of nitrogens with two attached hydrogens (primary N) is 1. The van der Waals surface area contributed by atoms with Crippen LogP contribution in [0.1, 0.15) is 38.3 Å². The molecule has 0 radical (unpaired) electrons. The summed E-state index contributed by atoms with van der Waals surface area (Å²) in [5.74, 6) is 3.05. The highest BCUT2D eigenvalue weighted by Crippen LogP contribution is 2.21. The molecule has 4 heteroatoms. The largest absolute Gasteiger partial charge is 0.384 e. The predicted molar refractivity (Wildman–Crippen MR) is 68.5 cm³/mol. The SMILES string of the molecule is CCc1nc(CCSC)c(N)n1C(C)C. The van der Waals surface area contributed by atoms with Gasteiger partial charge in [-0.2, -0.15) is 11.8 Å². The quantitative estimate of drug-likeness (QED) is 0.840. The van der Waals surface area contributed by atoms with Crippen molar-refractivity contribution in [2.75, 3.05) is 17.7 Å². The number of hydrogen-bond donors (Lipinski definition) is 1. The molecule has 1 rings (SSSR count). The minimum Gasteiger partial charge on any atom is -0.384 e. The Labute approximate surface area is 96.5 Å². The standard InChI is InChI=1S/C11H21N3S/c1-5-10-13-9(6-7-15-4)11(12)14(10)8(2)3/h8H,5-7,12H2,1-4H3. The van der Waals surface area contributed by atoms with Gasteiger partial charge in [0, 0.05) is 18.9 Å². The smallest absolute Gasteiger partial charge is 0.127 e. The van der Waals surface area contributed by atoms with Gasteiger partial charge in [0.25, 0.3) is 0 Å². The minimum atomic E-state index is 0.399. The van der Waals surface area contributed by atoms with Gasteiger partial charge in [-0.3, -0.25) is 0 Å². The highest BCUT2D eigenvalue weighted by atomic mass is 32.2. The molecule has 0 atom stereocenters. The molecule has 0 aliphatic rings. The van der Waals surface area contributed by atoms with Crippen molar-refractivity contribution in [3.8, 4) is 0 Å². The van der Waals surface area contributed by atoms with E-state index in [-0.39, 0.29) is 0 Å². The third kappa shape index (κ3) is 2.68. The predicted octanol–water partition coefficient (Wildman–Crippen LogP) is 2.51. The summed E-state index contributed by atoms with van der Waals surface area (Å²) in [7, 11) is 0. The summed E-state index contributed by atoms with van der Waals surface area (Å²) in [4.78, 5) is 4.61. The zero-order valence-electron chi connectivity index (χ0n) is 10.1. The fourth-order valence-corrected chi connectivity index (χ4v) is 2.15. The first-order valence-corrected chi connectivity index (χ1v) is 6.85. The van der Waals surface area contributed by atoms with E-state index in [1.807, 2.05) is 11.8 Å². The van der Waals surface area contributed by atoms with Crippen LogP contribution in [0.3, 0.4) is 0 Å². The lowest BCUT2D eigenvalue weighted by Crippen LogP contribution is -2.09. The zero-order chi connectivity index (χ0) is 11.4. The Balaban J connectivity index is 2.99. The normalized spacial score (nSPS) is 11.3. The fraction of sp³-hybridized carbons (Fsp3) is 0.727. The number of anilines is 1. The van der Waals surface area contributed by atoms with Crippen LogP contribution in [0, 0.1) is 0 Å². The van der Waals surface area contributed by atoms with E-state index in [0.717, 1.165) is 35.9 Å². The Morgan fingerprint density at radius 2 is 2.13 bits per heavy atom. The summed E-state index contributed by atoms with van der Waals surface area (Å²) >= 11 is 1.83. The summed E-state index contributed by atoms with van der Waals surface area (Å²) in [6, 6.07) is 0.399. The van der Waals surface area contributed by atoms with Gasteiger partial charge in [-0.25, -0.2) is 4.98 Å². The molecule has 1 aromatic rings. The van der Waals surface area contributed by atoms with Crippen molar-refractivity contribution < 1.29 is 0 Å². The molecule has 0 saturated carbocycles. The van der Waals surface area contributed by atoms with Crippen molar-refractivity contribution in [1.82, 2.24) is 9.55 Å². The summed E-state index contributed by atoms with van der Waals surface area (Å²) in [6.45, 7) is 6.42. The van der Waals surface area contributed by atoms with E-state index in [1.165, 1.54) is 0 Å². The highest BCUT2D eigenvalue weighted by molar-refractivity contribution is 7.98. The molecule has 2 N–H and O–H groups in total. The van der Waals surface area contributed by atoms with E-state index in [2.05, 4.69) is 36.6 Å². The number of aromatic nitrogens is 2. The summed E-state index contributed by atoms with van der Waals surface area (Å²) in [5, 5.41) is 0. The van der Waals surface area contributed by atoms with Crippen molar-refractivity contribution in [2.24, 2.45) is 0 Å². The van der Waals surface area contributed by atoms with Gasteiger partial charge in [0.15, 0.2) is 0 Å². The molecule has 86 valence electrons. The first kappa shape index (κ1) is 12.4. The Bertz CT molecular complexity index is 318. The van der Waals surface area contributed by atoms with Gasteiger partial charge in [0.1, 0.15) is 11.6 Å². The van der Waals surface area contributed by atoms with E-state index < -0.39 is 0 Å². The number of rotatable bonds is 5. The number of thioether (sulfide) groups is 1. The Hall–Kier alpha value is -0.640. The van der Waals surface area contributed by atoms with Gasteiger partial charge in [0.05, 0.1) is 5.69 Å². The second kappa shape index (κ2) is 5.45. The molecule has 15 heavy (non-hydrogen) atoms. The average Bonchev–Trinajstić information content (AvgIpc) is 2.52. The van der Waals surface area contributed by atoms with Crippen LogP contribution in [0.2, 0.25) is 0 Å². The molecular formula is C11H21N3S. The summed E-state index contributed by atoms with van der Waals surface area (Å²) in [5.41, 5.74) is 7.18. The van der Waals surface area contributed by atoms with Gasteiger partial charge in [-0.15, -0.1) is 0 Å². The van der Waals surface area contributed by atoms with Crippen LogP contribution in [-0.4, -0.2) is 21.6 Å². The first-order chi connectivity index (χ1) is 7.11. The van der Waals surface area contributed by atoms with Crippen molar-refractivity contribution in [3.63, 3.8) is 0 Å². The molecule has 3 nitrogen and oxygen atoms in total. The molecule has 0 aliphatic carbocycles. The monoisotopic (exact) mass is 227 g/mol. The molecule has 0 amide bonds. The van der Waals surface area contributed by atoms with Gasteiger partial charge in [-0.1, -0.05) is 6.92 Å². The summed E-state index contributed by atoms with van der Waals surface area (Å²) in [6.07, 6.45) is 4.03. The molecule has 1 aromatic heterocycles. The van der Waals surface area contributed by atoms with E-state index in [4.69, 9.17) is 5.73 Å². The number of nitrogens with zero attached hydrogens (tertiary/aromatic N) is 2. The zero-order valence-corrected chi connectivity index (χ0v) is 10.9. The van der Waals surface area contributed by atoms with Crippen molar-refractivity contribution in [1.29, 1.82) is 0 Å². The van der Waals surface area contributed by atoms with Crippen molar-refractivity contribution >= 4 is 17.6 Å². The van der Waals surface area contributed by atoms with Crippen LogP contribution in [0.15, 0.2) is 0 Å². The van der Waals surface area contributed by atoms with E-state index in [0.29, 0.717) is 6.04 Å². The Morgan fingerprint density at radius 1 is 1.47 bits per heavy atom. The van der Waals surface area contributed by atoms with Crippen LogP contribution < -0.4 is 5.73 Å². The molecule has 0 spiro atoms. The topological polar surface area (TPSA) is 43.8 Å². The van der Waals surface area contributed by atoms with Crippen LogP contribution in [0.25, 0.3) is 0 Å².